The number of fused-ring (bicyclic) bond motifs is 2. The normalized spacial score (nSPS) is 14.5. The van der Waals surface area contributed by atoms with Crippen LogP contribution in [0.4, 0.5) is 0 Å². The fraction of sp³-hybridized carbons (Fsp3) is 0.0625. The lowest BCUT2D eigenvalue weighted by molar-refractivity contribution is 0.351. The second-order valence-corrected chi connectivity index (χ2v) is 6.49. The summed E-state index contributed by atoms with van der Waals surface area (Å²) in [6.45, 7) is 0. The van der Waals surface area contributed by atoms with Gasteiger partial charge in [-0.3, -0.25) is 4.79 Å². The molecule has 3 bridgehead atoms. The van der Waals surface area contributed by atoms with E-state index < -0.39 is 38.8 Å². The van der Waals surface area contributed by atoms with E-state index in [-0.39, 0.29) is 16.7 Å². The SMILES string of the molecule is COc1ccc(-c2oc3cc(O)c4c(O)c3c(=O)c2OS(=O)(=O)O4)cc1. The maximum Gasteiger partial charge on any atom is 0.501 e. The number of ether oxygens (including phenoxy) is 1. The Morgan fingerprint density at radius 2 is 1.69 bits per heavy atom. The fourth-order valence-electron chi connectivity index (χ4n) is 2.60. The highest BCUT2D eigenvalue weighted by molar-refractivity contribution is 7.82. The van der Waals surface area contributed by atoms with Crippen LogP contribution in [0.3, 0.4) is 0 Å². The van der Waals surface area contributed by atoms with Crippen LogP contribution in [0.15, 0.2) is 39.5 Å². The van der Waals surface area contributed by atoms with Crippen molar-refractivity contribution in [3.8, 4) is 40.1 Å². The van der Waals surface area contributed by atoms with Crippen LogP contribution in [-0.2, 0) is 10.4 Å². The van der Waals surface area contributed by atoms with Crippen molar-refractivity contribution in [3.05, 3.63) is 40.6 Å². The van der Waals surface area contributed by atoms with Crippen molar-refractivity contribution in [2.24, 2.45) is 0 Å². The van der Waals surface area contributed by atoms with E-state index in [0.717, 1.165) is 6.07 Å². The molecule has 9 nitrogen and oxygen atoms in total. The molecule has 1 aliphatic rings. The summed E-state index contributed by atoms with van der Waals surface area (Å²) in [6, 6.07) is 7.14. The number of benzene rings is 2. The molecule has 2 heterocycles. The lowest BCUT2D eigenvalue weighted by atomic mass is 10.1. The molecule has 0 unspecified atom stereocenters. The molecule has 3 aromatic rings. The van der Waals surface area contributed by atoms with Gasteiger partial charge in [0.2, 0.25) is 16.9 Å². The summed E-state index contributed by atoms with van der Waals surface area (Å²) in [6.07, 6.45) is 0. The lowest BCUT2D eigenvalue weighted by Gasteiger charge is -2.17. The van der Waals surface area contributed by atoms with Gasteiger partial charge in [-0.05, 0) is 24.3 Å². The molecule has 0 saturated heterocycles. The van der Waals surface area contributed by atoms with E-state index in [4.69, 9.17) is 13.3 Å². The molecule has 2 aromatic carbocycles. The van der Waals surface area contributed by atoms with Crippen molar-refractivity contribution in [2.75, 3.05) is 7.11 Å². The summed E-state index contributed by atoms with van der Waals surface area (Å²) in [7, 11) is -3.34. The highest BCUT2D eigenvalue weighted by atomic mass is 32.3. The summed E-state index contributed by atoms with van der Waals surface area (Å²) in [4.78, 5) is 12.7. The maximum absolute atomic E-state index is 12.7. The Morgan fingerprint density at radius 1 is 1.04 bits per heavy atom. The van der Waals surface area contributed by atoms with E-state index in [0.29, 0.717) is 11.3 Å². The third-order valence-corrected chi connectivity index (χ3v) is 4.51. The second-order valence-electron chi connectivity index (χ2n) is 5.34. The van der Waals surface area contributed by atoms with E-state index in [1.165, 1.54) is 19.2 Å². The zero-order valence-electron chi connectivity index (χ0n) is 13.0. The molecule has 0 saturated carbocycles. The Labute approximate surface area is 145 Å². The number of phenols is 2. The Kier molecular flexibility index (Phi) is 3.28. The van der Waals surface area contributed by atoms with Gasteiger partial charge in [-0.15, -0.1) is 8.42 Å². The largest absolute Gasteiger partial charge is 0.504 e. The van der Waals surface area contributed by atoms with Crippen LogP contribution in [0, 0.1) is 0 Å². The van der Waals surface area contributed by atoms with E-state index in [1.807, 2.05) is 0 Å². The van der Waals surface area contributed by atoms with Crippen molar-refractivity contribution in [3.63, 3.8) is 0 Å². The van der Waals surface area contributed by atoms with Gasteiger partial charge < -0.3 is 27.7 Å². The zero-order chi connectivity index (χ0) is 18.6. The van der Waals surface area contributed by atoms with Gasteiger partial charge in [0, 0.05) is 11.6 Å². The van der Waals surface area contributed by atoms with E-state index >= 15 is 0 Å². The molecule has 0 atom stereocenters. The quantitative estimate of drug-likeness (QED) is 0.686. The van der Waals surface area contributed by atoms with E-state index in [9.17, 15) is 23.4 Å². The first kappa shape index (κ1) is 16.1. The minimum Gasteiger partial charge on any atom is -0.504 e. The summed E-state index contributed by atoms with van der Waals surface area (Å²) < 4.78 is 43.9. The molecule has 26 heavy (non-hydrogen) atoms. The molecule has 0 fully saturated rings. The molecular formula is C16H10O9S. The predicted molar refractivity (Wildman–Crippen MR) is 88.0 cm³/mol. The average molecular weight is 378 g/mol. The third kappa shape index (κ3) is 2.30. The first-order valence-electron chi connectivity index (χ1n) is 7.15. The van der Waals surface area contributed by atoms with Crippen LogP contribution >= 0.6 is 0 Å². The van der Waals surface area contributed by atoms with Crippen molar-refractivity contribution < 1.29 is 36.2 Å². The number of phenolic OH excluding ortho intramolecular Hbond substituents is 2. The van der Waals surface area contributed by atoms with Crippen molar-refractivity contribution in [1.29, 1.82) is 0 Å². The zero-order valence-corrected chi connectivity index (χ0v) is 13.9. The standard InChI is InChI=1S/C16H10O9S/c1-22-8-4-2-7(3-5-8)14-16-13(19)11-10(23-14)6-9(17)15(12(11)18)24-26(20,21)25-16/h2-6,17-18H,1H3. The van der Waals surface area contributed by atoms with Crippen molar-refractivity contribution >= 4 is 21.4 Å². The summed E-state index contributed by atoms with van der Waals surface area (Å²) in [5, 5.41) is 19.7. The fourth-order valence-corrected chi connectivity index (χ4v) is 3.36. The monoisotopic (exact) mass is 378 g/mol. The molecule has 2 N–H and O–H groups in total. The van der Waals surface area contributed by atoms with Gasteiger partial charge in [-0.1, -0.05) is 0 Å². The number of rotatable bonds is 2. The van der Waals surface area contributed by atoms with Gasteiger partial charge in [-0.2, -0.15) is 0 Å². The van der Waals surface area contributed by atoms with Crippen LogP contribution in [0.1, 0.15) is 0 Å². The minimum atomic E-state index is -4.81. The van der Waals surface area contributed by atoms with E-state index in [1.54, 1.807) is 12.1 Å². The molecule has 4 rings (SSSR count). The third-order valence-electron chi connectivity index (χ3n) is 3.77. The molecule has 10 heteroatoms. The van der Waals surface area contributed by atoms with Crippen LogP contribution in [0.5, 0.6) is 28.7 Å². The van der Waals surface area contributed by atoms with Gasteiger partial charge in [-0.25, -0.2) is 0 Å². The first-order valence-corrected chi connectivity index (χ1v) is 8.48. The topological polar surface area (TPSA) is 132 Å². The Hall–Kier alpha value is -3.40. The Morgan fingerprint density at radius 3 is 2.35 bits per heavy atom. The number of methoxy groups -OCH3 is 1. The smallest absolute Gasteiger partial charge is 0.501 e. The first-order chi connectivity index (χ1) is 12.3. The average Bonchev–Trinajstić information content (AvgIpc) is 2.60. The van der Waals surface area contributed by atoms with Crippen LogP contribution in [0.25, 0.3) is 22.3 Å². The number of hydrogen-bond acceptors (Lipinski definition) is 9. The molecular weight excluding hydrogens is 368 g/mol. The molecule has 0 amide bonds. The lowest BCUT2D eigenvalue weighted by Crippen LogP contribution is -2.23. The molecule has 1 aromatic heterocycles. The number of hydrogen-bond donors (Lipinski definition) is 2. The van der Waals surface area contributed by atoms with Gasteiger partial charge >= 0.3 is 10.4 Å². The minimum absolute atomic E-state index is 0.171. The number of aromatic hydroxyl groups is 2. The molecule has 1 aliphatic heterocycles. The second kappa shape index (κ2) is 5.30. The molecule has 0 radical (unpaired) electrons. The Balaban J connectivity index is 2.13. The maximum atomic E-state index is 12.7. The summed E-state index contributed by atoms with van der Waals surface area (Å²) in [5.41, 5.74) is -0.795. The summed E-state index contributed by atoms with van der Waals surface area (Å²) >= 11 is 0. The summed E-state index contributed by atoms with van der Waals surface area (Å²) in [5.74, 6) is -2.77. The predicted octanol–water partition coefficient (Wildman–Crippen LogP) is 1.90. The highest BCUT2D eigenvalue weighted by Crippen LogP contribution is 2.45. The van der Waals surface area contributed by atoms with Gasteiger partial charge in [0.05, 0.1) is 7.11 Å². The van der Waals surface area contributed by atoms with Crippen LogP contribution < -0.4 is 18.5 Å². The van der Waals surface area contributed by atoms with Crippen molar-refractivity contribution in [2.45, 2.75) is 0 Å². The van der Waals surface area contributed by atoms with Gasteiger partial charge in [0.15, 0.2) is 17.3 Å². The van der Waals surface area contributed by atoms with Crippen molar-refractivity contribution in [1.82, 2.24) is 0 Å². The molecule has 134 valence electrons. The van der Waals surface area contributed by atoms with Gasteiger partial charge in [0.1, 0.15) is 16.7 Å². The highest BCUT2D eigenvalue weighted by Gasteiger charge is 2.33. The Bertz CT molecular complexity index is 1210. The van der Waals surface area contributed by atoms with Crippen LogP contribution in [0.2, 0.25) is 0 Å². The molecule has 0 spiro atoms. The van der Waals surface area contributed by atoms with E-state index in [2.05, 4.69) is 4.18 Å². The van der Waals surface area contributed by atoms with Gasteiger partial charge in [0.25, 0.3) is 0 Å². The molecule has 0 aliphatic carbocycles. The van der Waals surface area contributed by atoms with Crippen LogP contribution in [-0.4, -0.2) is 25.7 Å².